The number of sulfonamides is 1. The van der Waals surface area contributed by atoms with Crippen LogP contribution in [0.5, 0.6) is 0 Å². The van der Waals surface area contributed by atoms with E-state index in [1.165, 1.54) is 12.1 Å². The Kier molecular flexibility index (Phi) is 6.52. The molecule has 0 fully saturated rings. The molecule has 0 aliphatic rings. The highest BCUT2D eigenvalue weighted by molar-refractivity contribution is 7.92. The first-order chi connectivity index (χ1) is 14.2. The largest absolute Gasteiger partial charge is 0.341 e. The molecule has 0 saturated heterocycles. The van der Waals surface area contributed by atoms with Crippen molar-refractivity contribution in [1.82, 2.24) is 4.90 Å². The number of rotatable bonds is 7. The van der Waals surface area contributed by atoms with Gasteiger partial charge in [0.1, 0.15) is 5.82 Å². The topological polar surface area (TPSA) is 66.5 Å². The van der Waals surface area contributed by atoms with Crippen molar-refractivity contribution in [3.63, 3.8) is 0 Å². The zero-order chi connectivity index (χ0) is 21.7. The maximum Gasteiger partial charge on any atom is 0.261 e. The van der Waals surface area contributed by atoms with Crippen LogP contribution >= 0.6 is 0 Å². The van der Waals surface area contributed by atoms with Gasteiger partial charge in [0.05, 0.1) is 11.3 Å². The van der Waals surface area contributed by atoms with Gasteiger partial charge in [-0.2, -0.15) is 0 Å². The van der Waals surface area contributed by atoms with Crippen LogP contribution in [0.1, 0.15) is 16.7 Å². The smallest absolute Gasteiger partial charge is 0.261 e. The van der Waals surface area contributed by atoms with E-state index in [2.05, 4.69) is 4.72 Å². The molecule has 5 nitrogen and oxygen atoms in total. The minimum atomic E-state index is -3.81. The van der Waals surface area contributed by atoms with Crippen molar-refractivity contribution in [2.75, 3.05) is 11.8 Å². The summed E-state index contributed by atoms with van der Waals surface area (Å²) < 4.78 is 40.2. The van der Waals surface area contributed by atoms with Crippen molar-refractivity contribution in [3.8, 4) is 0 Å². The summed E-state index contributed by atoms with van der Waals surface area (Å²) in [6.45, 7) is 2.54. The fourth-order valence-electron chi connectivity index (χ4n) is 2.96. The molecule has 0 aliphatic carbocycles. The fraction of sp³-hybridized carbons (Fsp3) is 0.174. The van der Waals surface area contributed by atoms with Gasteiger partial charge in [0.25, 0.3) is 10.0 Å². The Balaban J connectivity index is 1.62. The van der Waals surface area contributed by atoms with Gasteiger partial charge in [-0.15, -0.1) is 0 Å². The lowest BCUT2D eigenvalue weighted by atomic mass is 10.1. The zero-order valence-electron chi connectivity index (χ0n) is 16.8. The van der Waals surface area contributed by atoms with Crippen molar-refractivity contribution in [2.24, 2.45) is 0 Å². The third-order valence-electron chi connectivity index (χ3n) is 4.78. The molecule has 30 heavy (non-hydrogen) atoms. The number of carbonyl (C=O) groups excluding carboxylic acids is 1. The molecule has 3 aromatic carbocycles. The second kappa shape index (κ2) is 9.09. The summed E-state index contributed by atoms with van der Waals surface area (Å²) in [5.74, 6) is -0.534. The van der Waals surface area contributed by atoms with Gasteiger partial charge in [-0.05, 0) is 60.0 Å². The van der Waals surface area contributed by atoms with E-state index in [1.54, 1.807) is 36.2 Å². The number of likely N-dealkylation sites (N-methyl/N-ethyl adjacent to an activating group) is 1. The number of hydrogen-bond acceptors (Lipinski definition) is 3. The van der Waals surface area contributed by atoms with Crippen LogP contribution in [0, 0.1) is 12.7 Å². The first kappa shape index (κ1) is 21.5. The Morgan fingerprint density at radius 1 is 0.967 bits per heavy atom. The number of benzene rings is 3. The van der Waals surface area contributed by atoms with Crippen molar-refractivity contribution < 1.29 is 17.6 Å². The molecule has 0 aromatic heterocycles. The number of amides is 1. The van der Waals surface area contributed by atoms with Gasteiger partial charge in [0.15, 0.2) is 0 Å². The summed E-state index contributed by atoms with van der Waals surface area (Å²) in [7, 11) is -2.05. The first-order valence-electron chi connectivity index (χ1n) is 9.40. The molecule has 0 unspecified atom stereocenters. The van der Waals surface area contributed by atoms with Gasteiger partial charge in [0.2, 0.25) is 5.91 Å². The summed E-state index contributed by atoms with van der Waals surface area (Å²) >= 11 is 0. The van der Waals surface area contributed by atoms with Crippen LogP contribution in [-0.4, -0.2) is 26.3 Å². The van der Waals surface area contributed by atoms with E-state index < -0.39 is 15.8 Å². The zero-order valence-corrected chi connectivity index (χ0v) is 17.6. The number of nitrogens with zero attached hydrogens (tertiary/aromatic N) is 1. The van der Waals surface area contributed by atoms with E-state index in [0.717, 1.165) is 28.8 Å². The molecule has 156 valence electrons. The minimum Gasteiger partial charge on any atom is -0.341 e. The molecule has 0 heterocycles. The van der Waals surface area contributed by atoms with Crippen LogP contribution in [-0.2, 0) is 27.8 Å². The van der Waals surface area contributed by atoms with E-state index in [1.807, 2.05) is 31.2 Å². The van der Waals surface area contributed by atoms with Crippen LogP contribution in [0.3, 0.4) is 0 Å². The van der Waals surface area contributed by atoms with E-state index in [0.29, 0.717) is 12.2 Å². The van der Waals surface area contributed by atoms with Crippen LogP contribution < -0.4 is 4.72 Å². The number of anilines is 1. The molecule has 3 aromatic rings. The van der Waals surface area contributed by atoms with Crippen LogP contribution in [0.15, 0.2) is 77.7 Å². The van der Waals surface area contributed by atoms with Gasteiger partial charge < -0.3 is 4.90 Å². The second-order valence-corrected chi connectivity index (χ2v) is 8.79. The van der Waals surface area contributed by atoms with Gasteiger partial charge >= 0.3 is 0 Å². The number of aryl methyl sites for hydroxylation is 1. The van der Waals surface area contributed by atoms with E-state index in [9.17, 15) is 17.6 Å². The summed E-state index contributed by atoms with van der Waals surface area (Å²) in [5, 5.41) is 0. The average molecular weight is 427 g/mol. The average Bonchev–Trinajstić information content (AvgIpc) is 2.71. The minimum absolute atomic E-state index is 0.0269. The maximum absolute atomic E-state index is 13.0. The maximum atomic E-state index is 13.0. The number of carbonyl (C=O) groups is 1. The third-order valence-corrected chi connectivity index (χ3v) is 6.18. The molecule has 0 spiro atoms. The molecule has 0 atom stereocenters. The van der Waals surface area contributed by atoms with Crippen LogP contribution in [0.25, 0.3) is 0 Å². The lowest BCUT2D eigenvalue weighted by Gasteiger charge is -2.18. The highest BCUT2D eigenvalue weighted by Crippen LogP contribution is 2.18. The summed E-state index contributed by atoms with van der Waals surface area (Å²) in [5.41, 5.74) is 3.37. The first-order valence-corrected chi connectivity index (χ1v) is 10.9. The standard InChI is InChI=1S/C23H23FN2O3S/c1-17-5-3-4-6-19(17)16-26(2)23(27)15-18-7-11-21(12-8-18)25-30(28,29)22-13-9-20(24)10-14-22/h3-14,25H,15-16H2,1-2H3. The number of halogens is 1. The van der Waals surface area contributed by atoms with Crippen molar-refractivity contribution in [1.29, 1.82) is 0 Å². The molecule has 7 heteroatoms. The SMILES string of the molecule is Cc1ccccc1CN(C)C(=O)Cc1ccc(NS(=O)(=O)c2ccc(F)cc2)cc1. The number of hydrogen-bond donors (Lipinski definition) is 1. The van der Waals surface area contributed by atoms with Gasteiger partial charge in [-0.3, -0.25) is 9.52 Å². The molecule has 1 amide bonds. The quantitative estimate of drug-likeness (QED) is 0.618. The lowest BCUT2D eigenvalue weighted by molar-refractivity contribution is -0.129. The number of nitrogens with one attached hydrogen (secondary N) is 1. The molecule has 3 rings (SSSR count). The highest BCUT2D eigenvalue weighted by Gasteiger charge is 2.15. The Morgan fingerprint density at radius 3 is 2.23 bits per heavy atom. The fourth-order valence-corrected chi connectivity index (χ4v) is 4.02. The molecule has 0 bridgehead atoms. The van der Waals surface area contributed by atoms with Gasteiger partial charge in [-0.25, -0.2) is 12.8 Å². The Hall–Kier alpha value is -3.19. The molecular weight excluding hydrogens is 403 g/mol. The predicted molar refractivity (Wildman–Crippen MR) is 115 cm³/mol. The Morgan fingerprint density at radius 2 is 1.60 bits per heavy atom. The van der Waals surface area contributed by atoms with Crippen LogP contribution in [0.4, 0.5) is 10.1 Å². The summed E-state index contributed by atoms with van der Waals surface area (Å²) in [4.78, 5) is 14.2. The third kappa shape index (κ3) is 5.45. The van der Waals surface area contributed by atoms with E-state index in [-0.39, 0.29) is 17.2 Å². The van der Waals surface area contributed by atoms with Crippen molar-refractivity contribution in [2.45, 2.75) is 24.8 Å². The summed E-state index contributed by atoms with van der Waals surface area (Å²) in [6, 6.07) is 19.1. The van der Waals surface area contributed by atoms with Crippen molar-refractivity contribution >= 4 is 21.6 Å². The normalized spacial score (nSPS) is 11.2. The molecule has 0 aliphatic heterocycles. The van der Waals surface area contributed by atoms with Crippen LogP contribution in [0.2, 0.25) is 0 Å². The predicted octanol–water partition coefficient (Wildman–Crippen LogP) is 4.14. The summed E-state index contributed by atoms with van der Waals surface area (Å²) in [6.07, 6.45) is 0.216. The van der Waals surface area contributed by atoms with Gasteiger partial charge in [-0.1, -0.05) is 36.4 Å². The second-order valence-electron chi connectivity index (χ2n) is 7.11. The molecular formula is C23H23FN2O3S. The molecule has 0 saturated carbocycles. The van der Waals surface area contributed by atoms with Crippen molar-refractivity contribution in [3.05, 3.63) is 95.3 Å². The Bertz CT molecular complexity index is 1130. The van der Waals surface area contributed by atoms with E-state index >= 15 is 0 Å². The highest BCUT2D eigenvalue weighted by atomic mass is 32.2. The Labute approximate surface area is 176 Å². The molecule has 1 N–H and O–H groups in total. The monoisotopic (exact) mass is 426 g/mol. The van der Waals surface area contributed by atoms with Gasteiger partial charge in [0, 0.05) is 19.3 Å². The van der Waals surface area contributed by atoms with E-state index in [4.69, 9.17) is 0 Å². The lowest BCUT2D eigenvalue weighted by Crippen LogP contribution is -2.28. The molecule has 0 radical (unpaired) electrons.